The predicted molar refractivity (Wildman–Crippen MR) is 79.8 cm³/mol. The quantitative estimate of drug-likeness (QED) is 0.871. The summed E-state index contributed by atoms with van der Waals surface area (Å²) in [5.41, 5.74) is 1.79. The van der Waals surface area contributed by atoms with Gasteiger partial charge in [-0.05, 0) is 39.7 Å². The fourth-order valence-corrected chi connectivity index (χ4v) is 3.43. The Labute approximate surface area is 122 Å². The SMILES string of the molecule is CCOC1(C(O)Cc2cc(C)nn2CC)CCCCC1. The summed E-state index contributed by atoms with van der Waals surface area (Å²) in [6.07, 6.45) is 5.71. The maximum Gasteiger partial charge on any atom is 0.0943 e. The molecule has 0 spiro atoms. The third-order valence-corrected chi connectivity index (χ3v) is 4.43. The molecule has 0 radical (unpaired) electrons. The molecule has 4 heteroatoms. The normalized spacial score (nSPS) is 20.0. The molecule has 1 aromatic rings. The van der Waals surface area contributed by atoms with E-state index in [0.29, 0.717) is 13.0 Å². The van der Waals surface area contributed by atoms with Crippen LogP contribution in [-0.2, 0) is 17.7 Å². The maximum atomic E-state index is 10.8. The number of aromatic nitrogens is 2. The second kappa shape index (κ2) is 6.72. The third kappa shape index (κ3) is 3.23. The summed E-state index contributed by atoms with van der Waals surface area (Å²) >= 11 is 0. The monoisotopic (exact) mass is 280 g/mol. The molecule has 4 nitrogen and oxygen atoms in total. The Balaban J connectivity index is 2.13. The zero-order chi connectivity index (χ0) is 14.6. The van der Waals surface area contributed by atoms with Gasteiger partial charge in [0, 0.05) is 25.3 Å². The Morgan fingerprint density at radius 1 is 1.35 bits per heavy atom. The average Bonchev–Trinajstić information content (AvgIpc) is 2.80. The second-order valence-corrected chi connectivity index (χ2v) is 5.87. The molecule has 0 aliphatic heterocycles. The lowest BCUT2D eigenvalue weighted by molar-refractivity contribution is -0.139. The molecule has 0 amide bonds. The van der Waals surface area contributed by atoms with Gasteiger partial charge in [-0.1, -0.05) is 19.3 Å². The molecule has 1 N–H and O–H groups in total. The molecule has 1 aliphatic rings. The van der Waals surface area contributed by atoms with Crippen LogP contribution >= 0.6 is 0 Å². The van der Waals surface area contributed by atoms with E-state index in [1.807, 2.05) is 18.5 Å². The van der Waals surface area contributed by atoms with Gasteiger partial charge in [-0.25, -0.2) is 0 Å². The van der Waals surface area contributed by atoms with Gasteiger partial charge in [-0.2, -0.15) is 5.10 Å². The standard InChI is InChI=1S/C16H28N2O2/c1-4-18-14(11-13(3)17-18)12-15(19)16(20-5-2)9-7-6-8-10-16/h11,15,19H,4-10,12H2,1-3H3. The molecule has 1 aromatic heterocycles. The fourth-order valence-electron chi connectivity index (χ4n) is 3.43. The molecule has 1 atom stereocenters. The Morgan fingerprint density at radius 3 is 2.65 bits per heavy atom. The van der Waals surface area contributed by atoms with Crippen molar-refractivity contribution in [2.45, 2.75) is 77.5 Å². The zero-order valence-corrected chi connectivity index (χ0v) is 13.1. The van der Waals surface area contributed by atoms with Crippen molar-refractivity contribution in [2.24, 2.45) is 0 Å². The summed E-state index contributed by atoms with van der Waals surface area (Å²) in [4.78, 5) is 0. The van der Waals surface area contributed by atoms with Crippen LogP contribution in [0.15, 0.2) is 6.07 Å². The highest BCUT2D eigenvalue weighted by molar-refractivity contribution is 5.11. The number of nitrogens with zero attached hydrogens (tertiary/aromatic N) is 2. The summed E-state index contributed by atoms with van der Waals surface area (Å²) < 4.78 is 7.99. The minimum Gasteiger partial charge on any atom is -0.390 e. The Hall–Kier alpha value is -0.870. The van der Waals surface area contributed by atoms with Crippen molar-refractivity contribution in [3.8, 4) is 0 Å². The average molecular weight is 280 g/mol. The number of ether oxygens (including phenoxy) is 1. The van der Waals surface area contributed by atoms with Gasteiger partial charge in [0.2, 0.25) is 0 Å². The van der Waals surface area contributed by atoms with Crippen LogP contribution in [0.2, 0.25) is 0 Å². The number of aryl methyl sites for hydroxylation is 2. The molecule has 1 fully saturated rings. The number of rotatable bonds is 6. The Bertz CT molecular complexity index is 417. The first kappa shape index (κ1) is 15.5. The smallest absolute Gasteiger partial charge is 0.0943 e. The van der Waals surface area contributed by atoms with E-state index >= 15 is 0 Å². The van der Waals surface area contributed by atoms with E-state index in [9.17, 15) is 5.11 Å². The van der Waals surface area contributed by atoms with Gasteiger partial charge in [0.25, 0.3) is 0 Å². The molecule has 20 heavy (non-hydrogen) atoms. The summed E-state index contributed by atoms with van der Waals surface area (Å²) in [7, 11) is 0. The zero-order valence-electron chi connectivity index (χ0n) is 13.1. The van der Waals surface area contributed by atoms with Crippen molar-refractivity contribution in [1.29, 1.82) is 0 Å². The lowest BCUT2D eigenvalue weighted by atomic mass is 9.79. The van der Waals surface area contributed by atoms with Crippen molar-refractivity contribution < 1.29 is 9.84 Å². The number of aliphatic hydroxyl groups excluding tert-OH is 1. The maximum absolute atomic E-state index is 10.8. The van der Waals surface area contributed by atoms with Crippen LogP contribution in [0, 0.1) is 6.92 Å². The van der Waals surface area contributed by atoms with Crippen molar-refractivity contribution in [1.82, 2.24) is 9.78 Å². The molecule has 0 saturated heterocycles. The molecule has 0 bridgehead atoms. The molecule has 1 heterocycles. The van der Waals surface area contributed by atoms with Crippen molar-refractivity contribution >= 4 is 0 Å². The van der Waals surface area contributed by atoms with E-state index in [1.54, 1.807) is 0 Å². The molecule has 1 saturated carbocycles. The molecule has 1 aliphatic carbocycles. The molecular weight excluding hydrogens is 252 g/mol. The van der Waals surface area contributed by atoms with Crippen LogP contribution in [0.25, 0.3) is 0 Å². The van der Waals surface area contributed by atoms with E-state index in [4.69, 9.17) is 4.74 Å². The highest BCUT2D eigenvalue weighted by Gasteiger charge is 2.40. The van der Waals surface area contributed by atoms with Crippen LogP contribution < -0.4 is 0 Å². The molecular formula is C16H28N2O2. The van der Waals surface area contributed by atoms with Gasteiger partial charge in [-0.15, -0.1) is 0 Å². The van der Waals surface area contributed by atoms with Gasteiger partial charge >= 0.3 is 0 Å². The first-order valence-electron chi connectivity index (χ1n) is 7.96. The number of hydrogen-bond acceptors (Lipinski definition) is 3. The highest BCUT2D eigenvalue weighted by atomic mass is 16.5. The first-order chi connectivity index (χ1) is 9.61. The minimum absolute atomic E-state index is 0.344. The highest BCUT2D eigenvalue weighted by Crippen LogP contribution is 2.35. The van der Waals surface area contributed by atoms with Crippen LogP contribution in [0.3, 0.4) is 0 Å². The summed E-state index contributed by atoms with van der Waals surface area (Å²) in [5.74, 6) is 0. The van der Waals surface area contributed by atoms with Crippen LogP contribution in [0.4, 0.5) is 0 Å². The first-order valence-corrected chi connectivity index (χ1v) is 7.96. The molecule has 1 unspecified atom stereocenters. The molecule has 0 aromatic carbocycles. The van der Waals surface area contributed by atoms with Crippen LogP contribution in [0.5, 0.6) is 0 Å². The van der Waals surface area contributed by atoms with Crippen LogP contribution in [0.1, 0.15) is 57.3 Å². The van der Waals surface area contributed by atoms with Crippen molar-refractivity contribution in [3.05, 3.63) is 17.5 Å². The number of hydrogen-bond donors (Lipinski definition) is 1. The molecule has 114 valence electrons. The second-order valence-electron chi connectivity index (χ2n) is 5.87. The lowest BCUT2D eigenvalue weighted by Gasteiger charge is -2.40. The predicted octanol–water partition coefficient (Wildman–Crippen LogP) is 2.85. The van der Waals surface area contributed by atoms with Gasteiger partial charge < -0.3 is 9.84 Å². The van der Waals surface area contributed by atoms with Gasteiger partial charge in [0.15, 0.2) is 0 Å². The third-order valence-electron chi connectivity index (χ3n) is 4.43. The van der Waals surface area contributed by atoms with Gasteiger partial charge in [-0.3, -0.25) is 4.68 Å². The summed E-state index contributed by atoms with van der Waals surface area (Å²) in [5, 5.41) is 15.2. The topological polar surface area (TPSA) is 47.3 Å². The fraction of sp³-hybridized carbons (Fsp3) is 0.812. The van der Waals surface area contributed by atoms with E-state index < -0.39 is 6.10 Å². The Morgan fingerprint density at radius 2 is 2.05 bits per heavy atom. The minimum atomic E-state index is -0.441. The Kier molecular flexibility index (Phi) is 5.22. The van der Waals surface area contributed by atoms with Gasteiger partial charge in [0.05, 0.1) is 17.4 Å². The summed E-state index contributed by atoms with van der Waals surface area (Å²) in [6, 6.07) is 2.08. The van der Waals surface area contributed by atoms with E-state index in [0.717, 1.165) is 43.6 Å². The molecule has 2 rings (SSSR count). The van der Waals surface area contributed by atoms with E-state index in [2.05, 4.69) is 18.1 Å². The number of aliphatic hydroxyl groups is 1. The lowest BCUT2D eigenvalue weighted by Crippen LogP contribution is -2.47. The largest absolute Gasteiger partial charge is 0.390 e. The van der Waals surface area contributed by atoms with Crippen LogP contribution in [-0.4, -0.2) is 33.2 Å². The van der Waals surface area contributed by atoms with E-state index in [-0.39, 0.29) is 5.60 Å². The van der Waals surface area contributed by atoms with Crippen molar-refractivity contribution in [2.75, 3.05) is 6.61 Å². The van der Waals surface area contributed by atoms with Crippen molar-refractivity contribution in [3.63, 3.8) is 0 Å². The van der Waals surface area contributed by atoms with E-state index in [1.165, 1.54) is 6.42 Å². The summed E-state index contributed by atoms with van der Waals surface area (Å²) in [6.45, 7) is 7.62. The van der Waals surface area contributed by atoms with Gasteiger partial charge in [0.1, 0.15) is 0 Å².